The number of rotatable bonds is 4. The lowest BCUT2D eigenvalue weighted by Crippen LogP contribution is -2.07. The maximum absolute atomic E-state index is 12.4. The minimum Gasteiger partial charge on any atom is -0.493 e. The molecule has 2 rings (SSSR count). The lowest BCUT2D eigenvalue weighted by atomic mass is 10.1. The molecule has 0 saturated heterocycles. The Kier molecular flexibility index (Phi) is 3.72. The standard InChI is InChI=1S/C15H15NO2/c1-3-18-14-7-5-4-6-12(14)15(17)13-10-11(2)8-9-16-13/h4-10H,3H2,1-2H3. The molecule has 0 aliphatic heterocycles. The van der Waals surface area contributed by atoms with Crippen LogP contribution in [0.4, 0.5) is 0 Å². The Labute approximate surface area is 106 Å². The quantitative estimate of drug-likeness (QED) is 0.772. The Bertz CT molecular complexity index is 564. The largest absolute Gasteiger partial charge is 0.493 e. The van der Waals surface area contributed by atoms with Crippen molar-refractivity contribution in [2.75, 3.05) is 6.61 Å². The highest BCUT2D eigenvalue weighted by molar-refractivity contribution is 6.09. The fourth-order valence-corrected chi connectivity index (χ4v) is 1.73. The molecular formula is C15H15NO2. The summed E-state index contributed by atoms with van der Waals surface area (Å²) in [6.45, 7) is 4.37. The number of ether oxygens (including phenoxy) is 1. The summed E-state index contributed by atoms with van der Waals surface area (Å²) >= 11 is 0. The van der Waals surface area contributed by atoms with Crippen LogP contribution in [0.15, 0.2) is 42.6 Å². The number of pyridine rings is 1. The van der Waals surface area contributed by atoms with Crippen LogP contribution in [0, 0.1) is 6.92 Å². The highest BCUT2D eigenvalue weighted by Gasteiger charge is 2.15. The summed E-state index contributed by atoms with van der Waals surface area (Å²) in [6.07, 6.45) is 1.64. The third-order valence-electron chi connectivity index (χ3n) is 2.58. The molecule has 0 atom stereocenters. The highest BCUT2D eigenvalue weighted by Crippen LogP contribution is 2.21. The maximum Gasteiger partial charge on any atom is 0.215 e. The molecule has 0 aliphatic carbocycles. The van der Waals surface area contributed by atoms with Gasteiger partial charge in [-0.15, -0.1) is 0 Å². The summed E-state index contributed by atoms with van der Waals surface area (Å²) in [6, 6.07) is 10.9. The van der Waals surface area contributed by atoms with Crippen LogP contribution < -0.4 is 4.74 Å². The number of hydrogen-bond donors (Lipinski definition) is 0. The van der Waals surface area contributed by atoms with Crippen molar-refractivity contribution in [1.29, 1.82) is 0 Å². The lowest BCUT2D eigenvalue weighted by molar-refractivity contribution is 0.103. The van der Waals surface area contributed by atoms with Gasteiger partial charge in [0.05, 0.1) is 12.2 Å². The van der Waals surface area contributed by atoms with Crippen molar-refractivity contribution < 1.29 is 9.53 Å². The predicted molar refractivity (Wildman–Crippen MR) is 70.0 cm³/mol. The van der Waals surface area contributed by atoms with Crippen molar-refractivity contribution in [3.8, 4) is 5.75 Å². The molecule has 1 aromatic heterocycles. The van der Waals surface area contributed by atoms with E-state index in [0.717, 1.165) is 5.56 Å². The molecule has 2 aromatic rings. The van der Waals surface area contributed by atoms with Gasteiger partial charge in [-0.25, -0.2) is 0 Å². The monoisotopic (exact) mass is 241 g/mol. The summed E-state index contributed by atoms with van der Waals surface area (Å²) in [7, 11) is 0. The zero-order chi connectivity index (χ0) is 13.0. The van der Waals surface area contributed by atoms with Gasteiger partial charge >= 0.3 is 0 Å². The van der Waals surface area contributed by atoms with E-state index in [1.807, 2.05) is 32.0 Å². The summed E-state index contributed by atoms with van der Waals surface area (Å²) < 4.78 is 5.46. The van der Waals surface area contributed by atoms with Crippen molar-refractivity contribution in [2.45, 2.75) is 13.8 Å². The van der Waals surface area contributed by atoms with Crippen LogP contribution in [-0.4, -0.2) is 17.4 Å². The van der Waals surface area contributed by atoms with E-state index >= 15 is 0 Å². The van der Waals surface area contributed by atoms with E-state index < -0.39 is 0 Å². The van der Waals surface area contributed by atoms with Crippen LogP contribution in [0.5, 0.6) is 5.75 Å². The van der Waals surface area contributed by atoms with E-state index in [2.05, 4.69) is 4.98 Å². The number of hydrogen-bond acceptors (Lipinski definition) is 3. The molecule has 1 aromatic carbocycles. The summed E-state index contributed by atoms with van der Waals surface area (Å²) in [5.74, 6) is 0.496. The number of aryl methyl sites for hydroxylation is 1. The smallest absolute Gasteiger partial charge is 0.215 e. The van der Waals surface area contributed by atoms with Crippen LogP contribution in [0.1, 0.15) is 28.5 Å². The molecule has 0 bridgehead atoms. The predicted octanol–water partition coefficient (Wildman–Crippen LogP) is 3.02. The molecular weight excluding hydrogens is 226 g/mol. The van der Waals surface area contributed by atoms with E-state index in [-0.39, 0.29) is 5.78 Å². The maximum atomic E-state index is 12.4. The molecule has 0 fully saturated rings. The zero-order valence-electron chi connectivity index (χ0n) is 10.5. The Balaban J connectivity index is 2.40. The van der Waals surface area contributed by atoms with Crippen LogP contribution >= 0.6 is 0 Å². The molecule has 92 valence electrons. The Morgan fingerprint density at radius 1 is 1.28 bits per heavy atom. The molecule has 0 saturated carbocycles. The zero-order valence-corrected chi connectivity index (χ0v) is 10.5. The number of nitrogens with zero attached hydrogens (tertiary/aromatic N) is 1. The van der Waals surface area contributed by atoms with Gasteiger partial charge in [-0.05, 0) is 43.7 Å². The second kappa shape index (κ2) is 5.45. The van der Waals surface area contributed by atoms with Gasteiger partial charge in [-0.3, -0.25) is 9.78 Å². The lowest BCUT2D eigenvalue weighted by Gasteiger charge is -2.08. The average Bonchev–Trinajstić information content (AvgIpc) is 2.39. The van der Waals surface area contributed by atoms with E-state index in [1.165, 1.54) is 0 Å². The van der Waals surface area contributed by atoms with E-state index in [9.17, 15) is 4.79 Å². The molecule has 3 heteroatoms. The first kappa shape index (κ1) is 12.3. The fourth-order valence-electron chi connectivity index (χ4n) is 1.73. The number of carbonyl (C=O) groups is 1. The third-order valence-corrected chi connectivity index (χ3v) is 2.58. The highest BCUT2D eigenvalue weighted by atomic mass is 16.5. The van der Waals surface area contributed by atoms with Gasteiger partial charge in [-0.2, -0.15) is 0 Å². The molecule has 0 amide bonds. The minimum atomic E-state index is -0.109. The molecule has 0 spiro atoms. The topological polar surface area (TPSA) is 39.2 Å². The number of ketones is 1. The van der Waals surface area contributed by atoms with Crippen LogP contribution in [-0.2, 0) is 0 Å². The molecule has 0 radical (unpaired) electrons. The van der Waals surface area contributed by atoms with E-state index in [1.54, 1.807) is 24.4 Å². The van der Waals surface area contributed by atoms with Gasteiger partial charge in [0.15, 0.2) is 0 Å². The Hall–Kier alpha value is -2.16. The van der Waals surface area contributed by atoms with Gasteiger partial charge in [0.2, 0.25) is 5.78 Å². The van der Waals surface area contributed by atoms with Crippen molar-refractivity contribution in [1.82, 2.24) is 4.98 Å². The van der Waals surface area contributed by atoms with Crippen LogP contribution in [0.2, 0.25) is 0 Å². The second-order valence-electron chi connectivity index (χ2n) is 3.98. The van der Waals surface area contributed by atoms with Gasteiger partial charge in [0.1, 0.15) is 11.4 Å². The molecule has 0 aliphatic rings. The van der Waals surface area contributed by atoms with Crippen molar-refractivity contribution in [3.05, 3.63) is 59.4 Å². The van der Waals surface area contributed by atoms with Gasteiger partial charge in [-0.1, -0.05) is 12.1 Å². The minimum absolute atomic E-state index is 0.109. The first-order valence-corrected chi connectivity index (χ1v) is 5.91. The average molecular weight is 241 g/mol. The molecule has 3 nitrogen and oxygen atoms in total. The van der Waals surface area contributed by atoms with E-state index in [4.69, 9.17) is 4.74 Å². The van der Waals surface area contributed by atoms with Crippen LogP contribution in [0.3, 0.4) is 0 Å². The van der Waals surface area contributed by atoms with Crippen molar-refractivity contribution in [2.24, 2.45) is 0 Å². The first-order chi connectivity index (χ1) is 8.72. The normalized spacial score (nSPS) is 10.1. The molecule has 1 heterocycles. The van der Waals surface area contributed by atoms with Crippen molar-refractivity contribution >= 4 is 5.78 Å². The van der Waals surface area contributed by atoms with Gasteiger partial charge in [0.25, 0.3) is 0 Å². The molecule has 18 heavy (non-hydrogen) atoms. The number of aromatic nitrogens is 1. The number of carbonyl (C=O) groups excluding carboxylic acids is 1. The third kappa shape index (κ3) is 2.56. The molecule has 0 N–H and O–H groups in total. The van der Waals surface area contributed by atoms with Crippen LogP contribution in [0.25, 0.3) is 0 Å². The van der Waals surface area contributed by atoms with Gasteiger partial charge in [0, 0.05) is 6.20 Å². The summed E-state index contributed by atoms with van der Waals surface area (Å²) in [5, 5.41) is 0. The number of para-hydroxylation sites is 1. The second-order valence-corrected chi connectivity index (χ2v) is 3.98. The number of benzene rings is 1. The Morgan fingerprint density at radius 2 is 2.06 bits per heavy atom. The fraction of sp³-hybridized carbons (Fsp3) is 0.200. The SMILES string of the molecule is CCOc1ccccc1C(=O)c1cc(C)ccn1. The van der Waals surface area contributed by atoms with E-state index in [0.29, 0.717) is 23.6 Å². The summed E-state index contributed by atoms with van der Waals surface area (Å²) in [4.78, 5) is 16.5. The van der Waals surface area contributed by atoms with Gasteiger partial charge < -0.3 is 4.74 Å². The molecule has 0 unspecified atom stereocenters. The Morgan fingerprint density at radius 3 is 2.78 bits per heavy atom. The van der Waals surface area contributed by atoms with Crippen molar-refractivity contribution in [3.63, 3.8) is 0 Å². The first-order valence-electron chi connectivity index (χ1n) is 5.91. The summed E-state index contributed by atoms with van der Waals surface area (Å²) in [5.41, 5.74) is 2.02.